The zero-order valence-electron chi connectivity index (χ0n) is 11.1. The van der Waals surface area contributed by atoms with Gasteiger partial charge in [-0.2, -0.15) is 0 Å². The quantitative estimate of drug-likeness (QED) is 0.672. The Morgan fingerprint density at radius 1 is 1.60 bits per heavy atom. The average Bonchev–Trinajstić information content (AvgIpc) is 2.93. The van der Waals surface area contributed by atoms with E-state index in [4.69, 9.17) is 0 Å². The largest absolute Gasteiger partial charge is 0.335 e. The van der Waals surface area contributed by atoms with Crippen LogP contribution in [0.5, 0.6) is 0 Å². The summed E-state index contributed by atoms with van der Waals surface area (Å²) in [7, 11) is 0. The number of nitrogens with one attached hydrogen (secondary N) is 1. The van der Waals surface area contributed by atoms with Gasteiger partial charge in [0, 0.05) is 35.7 Å². The third kappa shape index (κ3) is 2.99. The van der Waals surface area contributed by atoms with Crippen LogP contribution in [0.15, 0.2) is 22.7 Å². The minimum absolute atomic E-state index is 0.0721. The second-order valence-corrected chi connectivity index (χ2v) is 5.51. The molecule has 1 N–H and O–H groups in total. The Bertz CT molecular complexity index is 530. The molecule has 0 bridgehead atoms. The van der Waals surface area contributed by atoms with Crippen LogP contribution in [0, 0.1) is 10.1 Å². The van der Waals surface area contributed by atoms with Crippen molar-refractivity contribution >= 4 is 27.5 Å². The van der Waals surface area contributed by atoms with E-state index in [0.717, 1.165) is 19.5 Å². The number of nitro benzene ring substituents is 1. The Hall–Kier alpha value is -1.47. The molecule has 1 aromatic rings. The zero-order valence-corrected chi connectivity index (χ0v) is 12.7. The van der Waals surface area contributed by atoms with E-state index in [-0.39, 0.29) is 17.6 Å². The number of hydrogen-bond donors (Lipinski definition) is 1. The molecule has 0 saturated carbocycles. The SMILES string of the molecule is CCN(C(=O)c1cc([N+](=O)[O-])ccc1Br)C1CCNC1. The van der Waals surface area contributed by atoms with Crippen molar-refractivity contribution in [3.05, 3.63) is 38.3 Å². The number of likely N-dealkylation sites (N-methyl/N-ethyl adjacent to an activating group) is 1. The highest BCUT2D eigenvalue weighted by molar-refractivity contribution is 9.10. The van der Waals surface area contributed by atoms with Gasteiger partial charge in [-0.1, -0.05) is 0 Å². The number of amides is 1. The Morgan fingerprint density at radius 2 is 2.35 bits per heavy atom. The number of nitrogens with zero attached hydrogens (tertiary/aromatic N) is 2. The van der Waals surface area contributed by atoms with E-state index in [1.54, 1.807) is 11.0 Å². The second-order valence-electron chi connectivity index (χ2n) is 4.66. The summed E-state index contributed by atoms with van der Waals surface area (Å²) in [6.07, 6.45) is 0.909. The van der Waals surface area contributed by atoms with E-state index in [1.165, 1.54) is 12.1 Å². The van der Waals surface area contributed by atoms with Crippen LogP contribution in [0.1, 0.15) is 23.7 Å². The summed E-state index contributed by atoms with van der Waals surface area (Å²) in [5, 5.41) is 14.1. The summed E-state index contributed by atoms with van der Waals surface area (Å²) < 4.78 is 0.581. The van der Waals surface area contributed by atoms with Crippen LogP contribution in [-0.4, -0.2) is 41.4 Å². The lowest BCUT2D eigenvalue weighted by atomic mass is 10.1. The van der Waals surface area contributed by atoms with Gasteiger partial charge < -0.3 is 10.2 Å². The molecule has 1 aliphatic rings. The Labute approximate surface area is 125 Å². The Kier molecular flexibility index (Phi) is 4.72. The van der Waals surface area contributed by atoms with Gasteiger partial charge in [-0.3, -0.25) is 14.9 Å². The molecule has 1 fully saturated rings. The van der Waals surface area contributed by atoms with Crippen LogP contribution in [0.2, 0.25) is 0 Å². The molecule has 0 spiro atoms. The molecular weight excluding hydrogens is 326 g/mol. The molecule has 1 aliphatic heterocycles. The summed E-state index contributed by atoms with van der Waals surface area (Å²) in [4.78, 5) is 24.7. The predicted molar refractivity (Wildman–Crippen MR) is 78.8 cm³/mol. The number of carbonyl (C=O) groups is 1. The number of benzene rings is 1. The zero-order chi connectivity index (χ0) is 14.7. The van der Waals surface area contributed by atoms with Crippen molar-refractivity contribution in [2.75, 3.05) is 19.6 Å². The van der Waals surface area contributed by atoms with Crippen molar-refractivity contribution in [2.24, 2.45) is 0 Å². The molecule has 0 aromatic heterocycles. The second kappa shape index (κ2) is 6.32. The maximum atomic E-state index is 12.6. The summed E-state index contributed by atoms with van der Waals surface area (Å²) in [6.45, 7) is 4.17. The molecule has 0 aliphatic carbocycles. The molecule has 0 radical (unpaired) electrons. The van der Waals surface area contributed by atoms with Crippen molar-refractivity contribution in [1.29, 1.82) is 0 Å². The molecule has 108 valence electrons. The highest BCUT2D eigenvalue weighted by Gasteiger charge is 2.28. The molecule has 6 nitrogen and oxygen atoms in total. The first kappa shape index (κ1) is 14.9. The van der Waals surface area contributed by atoms with Crippen LogP contribution in [0.4, 0.5) is 5.69 Å². The van der Waals surface area contributed by atoms with Crippen molar-refractivity contribution in [2.45, 2.75) is 19.4 Å². The van der Waals surface area contributed by atoms with Gasteiger partial charge in [0.05, 0.1) is 10.5 Å². The molecule has 1 atom stereocenters. The number of rotatable bonds is 4. The standard InChI is InChI=1S/C13H16BrN3O3/c1-2-16(10-5-6-15-8-10)13(18)11-7-9(17(19)20)3-4-12(11)14/h3-4,7,10,15H,2,5-6,8H2,1H3. The molecule has 1 saturated heterocycles. The maximum absolute atomic E-state index is 12.6. The fourth-order valence-corrected chi connectivity index (χ4v) is 2.83. The summed E-state index contributed by atoms with van der Waals surface area (Å²) in [6, 6.07) is 4.41. The topological polar surface area (TPSA) is 75.5 Å². The van der Waals surface area contributed by atoms with Crippen molar-refractivity contribution in [1.82, 2.24) is 10.2 Å². The minimum atomic E-state index is -0.489. The Morgan fingerprint density at radius 3 is 2.90 bits per heavy atom. The molecular formula is C13H16BrN3O3. The van der Waals surface area contributed by atoms with Crippen LogP contribution >= 0.6 is 15.9 Å². The van der Waals surface area contributed by atoms with Crippen molar-refractivity contribution < 1.29 is 9.72 Å². The molecule has 20 heavy (non-hydrogen) atoms. The number of halogens is 1. The summed E-state index contributed by atoms with van der Waals surface area (Å²) in [5.74, 6) is -0.170. The minimum Gasteiger partial charge on any atom is -0.335 e. The van der Waals surface area contributed by atoms with Crippen LogP contribution < -0.4 is 5.32 Å². The molecule has 2 rings (SSSR count). The highest BCUT2D eigenvalue weighted by atomic mass is 79.9. The lowest BCUT2D eigenvalue weighted by Crippen LogP contribution is -2.41. The monoisotopic (exact) mass is 341 g/mol. The van der Waals surface area contributed by atoms with Gasteiger partial charge in [0.15, 0.2) is 0 Å². The normalized spacial score (nSPS) is 18.0. The number of nitro groups is 1. The fraction of sp³-hybridized carbons (Fsp3) is 0.462. The van der Waals surface area contributed by atoms with Gasteiger partial charge in [0.1, 0.15) is 0 Å². The van der Waals surface area contributed by atoms with E-state index in [0.29, 0.717) is 16.6 Å². The predicted octanol–water partition coefficient (Wildman–Crippen LogP) is 2.18. The van der Waals surface area contributed by atoms with Crippen molar-refractivity contribution in [3.8, 4) is 0 Å². The third-order valence-electron chi connectivity index (χ3n) is 3.47. The number of non-ortho nitro benzene ring substituents is 1. The molecule has 7 heteroatoms. The van der Waals surface area contributed by atoms with E-state index >= 15 is 0 Å². The smallest absolute Gasteiger partial charge is 0.270 e. The molecule has 1 unspecified atom stereocenters. The van der Waals surface area contributed by atoms with Crippen molar-refractivity contribution in [3.63, 3.8) is 0 Å². The van der Waals surface area contributed by atoms with Crippen LogP contribution in [0.3, 0.4) is 0 Å². The van der Waals surface area contributed by atoms with E-state index in [9.17, 15) is 14.9 Å². The third-order valence-corrected chi connectivity index (χ3v) is 4.16. The Balaban J connectivity index is 2.30. The lowest BCUT2D eigenvalue weighted by Gasteiger charge is -2.27. The maximum Gasteiger partial charge on any atom is 0.270 e. The molecule has 1 amide bonds. The average molecular weight is 342 g/mol. The summed E-state index contributed by atoms with van der Waals surface area (Å²) >= 11 is 3.30. The number of carbonyl (C=O) groups excluding carboxylic acids is 1. The van der Waals surface area contributed by atoms with Gasteiger partial charge in [0.2, 0.25) is 0 Å². The first-order chi connectivity index (χ1) is 9.54. The van der Waals surface area contributed by atoms with Gasteiger partial charge in [-0.05, 0) is 41.9 Å². The van der Waals surface area contributed by atoms with Gasteiger partial charge in [-0.15, -0.1) is 0 Å². The first-order valence-electron chi connectivity index (χ1n) is 6.50. The highest BCUT2D eigenvalue weighted by Crippen LogP contribution is 2.25. The molecule has 1 heterocycles. The van der Waals surface area contributed by atoms with Gasteiger partial charge >= 0.3 is 0 Å². The molecule has 1 aromatic carbocycles. The van der Waals surface area contributed by atoms with Gasteiger partial charge in [0.25, 0.3) is 11.6 Å². The first-order valence-corrected chi connectivity index (χ1v) is 7.29. The van der Waals surface area contributed by atoms with E-state index in [1.807, 2.05) is 6.92 Å². The lowest BCUT2D eigenvalue weighted by molar-refractivity contribution is -0.384. The summed E-state index contributed by atoms with van der Waals surface area (Å²) in [5.41, 5.74) is 0.269. The van der Waals surface area contributed by atoms with Gasteiger partial charge in [-0.25, -0.2) is 0 Å². The van der Waals surface area contributed by atoms with Crippen LogP contribution in [-0.2, 0) is 0 Å². The van der Waals surface area contributed by atoms with E-state index < -0.39 is 4.92 Å². The number of hydrogen-bond acceptors (Lipinski definition) is 4. The van der Waals surface area contributed by atoms with Crippen LogP contribution in [0.25, 0.3) is 0 Å². The van der Waals surface area contributed by atoms with E-state index in [2.05, 4.69) is 21.2 Å². The fourth-order valence-electron chi connectivity index (χ4n) is 2.42.